The van der Waals surface area contributed by atoms with Crippen molar-refractivity contribution in [1.29, 1.82) is 0 Å². The van der Waals surface area contributed by atoms with Crippen molar-refractivity contribution < 1.29 is 14.6 Å². The molecule has 1 aliphatic carbocycles. The summed E-state index contributed by atoms with van der Waals surface area (Å²) in [6, 6.07) is 3.84. The van der Waals surface area contributed by atoms with Crippen LogP contribution in [0.4, 0.5) is 4.79 Å². The number of aromatic hydroxyl groups is 1. The van der Waals surface area contributed by atoms with Crippen LogP contribution in [0.3, 0.4) is 0 Å². The monoisotopic (exact) mass is 365 g/mol. The van der Waals surface area contributed by atoms with E-state index in [2.05, 4.69) is 10.3 Å². The zero-order chi connectivity index (χ0) is 17.8. The highest BCUT2D eigenvalue weighted by Crippen LogP contribution is 2.29. The number of benzene rings is 1. The first-order valence-corrected chi connectivity index (χ1v) is 9.37. The maximum atomic E-state index is 11.6. The Kier molecular flexibility index (Phi) is 5.60. The lowest BCUT2D eigenvalue weighted by atomic mass is 10.0. The number of hydrogen-bond donors (Lipinski definition) is 4. The Morgan fingerprint density at radius 3 is 2.92 bits per heavy atom. The van der Waals surface area contributed by atoms with Crippen molar-refractivity contribution >= 4 is 27.6 Å². The van der Waals surface area contributed by atoms with Crippen molar-refractivity contribution in [3.63, 3.8) is 0 Å². The van der Waals surface area contributed by atoms with Crippen molar-refractivity contribution in [3.05, 3.63) is 27.4 Å². The van der Waals surface area contributed by atoms with E-state index in [-0.39, 0.29) is 16.7 Å². The number of hydrogen-bond acceptors (Lipinski definition) is 6. The highest BCUT2D eigenvalue weighted by Gasteiger charge is 2.19. The van der Waals surface area contributed by atoms with Crippen LogP contribution in [0.25, 0.3) is 10.2 Å². The lowest BCUT2D eigenvalue weighted by molar-refractivity contribution is 0.101. The van der Waals surface area contributed by atoms with Gasteiger partial charge in [-0.15, -0.1) is 0 Å². The predicted molar refractivity (Wildman–Crippen MR) is 97.1 cm³/mol. The molecule has 1 aliphatic rings. The summed E-state index contributed by atoms with van der Waals surface area (Å²) < 4.78 is 5.94. The van der Waals surface area contributed by atoms with Gasteiger partial charge in [0.1, 0.15) is 17.4 Å². The van der Waals surface area contributed by atoms with E-state index in [1.165, 1.54) is 25.7 Å². The molecule has 0 bridgehead atoms. The predicted octanol–water partition coefficient (Wildman–Crippen LogP) is 2.22. The summed E-state index contributed by atoms with van der Waals surface area (Å²) in [4.78, 5) is 25.2. The summed E-state index contributed by atoms with van der Waals surface area (Å²) in [6.45, 7) is 0.743. The Balaban J connectivity index is 1.70. The summed E-state index contributed by atoms with van der Waals surface area (Å²) in [7, 11) is 0. The molecule has 1 aromatic carbocycles. The number of aromatic nitrogens is 1. The number of phenolic OH excluding ortho intramolecular Hbond substituents is 1. The second-order valence-corrected chi connectivity index (χ2v) is 7.43. The normalized spacial score (nSPS) is 16.3. The minimum absolute atomic E-state index is 0.0346. The fraction of sp³-hybridized carbons (Fsp3) is 0.529. The van der Waals surface area contributed by atoms with E-state index >= 15 is 0 Å². The van der Waals surface area contributed by atoms with Crippen LogP contribution >= 0.6 is 11.3 Å². The number of nitrogens with two attached hydrogens (primary N) is 1. The second kappa shape index (κ2) is 7.88. The number of thiazole rings is 1. The Bertz CT molecular complexity index is 795. The molecule has 2 aromatic rings. The average Bonchev–Trinajstić information content (AvgIpc) is 3.19. The van der Waals surface area contributed by atoms with Gasteiger partial charge in [0.2, 0.25) is 0 Å². The molecule has 25 heavy (non-hydrogen) atoms. The van der Waals surface area contributed by atoms with Gasteiger partial charge in [0.15, 0.2) is 0 Å². The summed E-state index contributed by atoms with van der Waals surface area (Å²) >= 11 is 1.04. The fourth-order valence-corrected chi connectivity index (χ4v) is 4.30. The highest BCUT2D eigenvalue weighted by molar-refractivity contribution is 7.16. The number of phenols is 1. The number of ether oxygens (including phenoxy) is 1. The van der Waals surface area contributed by atoms with Crippen LogP contribution in [0.5, 0.6) is 5.75 Å². The second-order valence-electron chi connectivity index (χ2n) is 6.45. The van der Waals surface area contributed by atoms with Crippen LogP contribution in [0.15, 0.2) is 16.9 Å². The molecule has 136 valence electrons. The third-order valence-electron chi connectivity index (χ3n) is 4.62. The lowest BCUT2D eigenvalue weighted by Crippen LogP contribution is -2.32. The molecule has 0 radical (unpaired) electrons. The van der Waals surface area contributed by atoms with Crippen molar-refractivity contribution in [1.82, 2.24) is 10.3 Å². The molecule has 1 aromatic heterocycles. The van der Waals surface area contributed by atoms with Crippen LogP contribution in [-0.2, 0) is 11.2 Å². The molecular formula is C17H23N3O4S. The minimum atomic E-state index is -0.803. The highest BCUT2D eigenvalue weighted by atomic mass is 32.1. The van der Waals surface area contributed by atoms with Gasteiger partial charge < -0.3 is 25.9 Å². The van der Waals surface area contributed by atoms with E-state index in [0.717, 1.165) is 23.4 Å². The number of carbonyl (C=O) groups excluding carboxylic acids is 1. The smallest absolute Gasteiger partial charge is 0.404 e. The molecule has 1 fully saturated rings. The maximum absolute atomic E-state index is 11.6. The van der Waals surface area contributed by atoms with E-state index in [1.807, 2.05) is 0 Å². The number of rotatable bonds is 7. The lowest BCUT2D eigenvalue weighted by Gasteiger charge is -2.19. The Morgan fingerprint density at radius 2 is 2.20 bits per heavy atom. The van der Waals surface area contributed by atoms with Gasteiger partial charge in [0, 0.05) is 12.5 Å². The molecule has 1 amide bonds. The van der Waals surface area contributed by atoms with E-state index in [1.54, 1.807) is 12.1 Å². The Hall–Kier alpha value is -2.06. The van der Waals surface area contributed by atoms with Gasteiger partial charge in [-0.2, -0.15) is 0 Å². The van der Waals surface area contributed by atoms with Gasteiger partial charge in [-0.25, -0.2) is 4.79 Å². The number of carbonyl (C=O) groups is 1. The van der Waals surface area contributed by atoms with E-state index < -0.39 is 6.09 Å². The van der Waals surface area contributed by atoms with E-state index in [4.69, 9.17) is 10.5 Å². The van der Waals surface area contributed by atoms with Crippen molar-refractivity contribution in [2.45, 2.75) is 50.7 Å². The zero-order valence-electron chi connectivity index (χ0n) is 13.9. The molecule has 3 rings (SSSR count). The first-order valence-electron chi connectivity index (χ1n) is 8.56. The number of aromatic amines is 1. The molecule has 7 nitrogen and oxygen atoms in total. The van der Waals surface area contributed by atoms with Gasteiger partial charge in [-0.1, -0.05) is 30.2 Å². The third-order valence-corrected chi connectivity index (χ3v) is 5.58. The average molecular weight is 365 g/mol. The zero-order valence-corrected chi connectivity index (χ0v) is 14.7. The molecule has 0 aliphatic heterocycles. The largest absolute Gasteiger partial charge is 0.506 e. The SMILES string of the molecule is NC(=O)OC(CCNC1CCCC1)Cc1ccc(O)c2[nH]c(=O)sc12. The third kappa shape index (κ3) is 4.52. The van der Waals surface area contributed by atoms with Crippen molar-refractivity contribution in [3.8, 4) is 5.75 Å². The van der Waals surface area contributed by atoms with Crippen LogP contribution in [0.1, 0.15) is 37.7 Å². The topological polar surface area (TPSA) is 117 Å². The molecule has 1 atom stereocenters. The minimum Gasteiger partial charge on any atom is -0.506 e. The van der Waals surface area contributed by atoms with Gasteiger partial charge in [0.05, 0.1) is 4.70 Å². The summed E-state index contributed by atoms with van der Waals surface area (Å²) in [5.41, 5.74) is 6.48. The molecule has 1 saturated carbocycles. The van der Waals surface area contributed by atoms with Crippen LogP contribution in [-0.4, -0.2) is 34.9 Å². The van der Waals surface area contributed by atoms with Gasteiger partial charge in [0.25, 0.3) is 0 Å². The quantitative estimate of drug-likeness (QED) is 0.600. The van der Waals surface area contributed by atoms with Crippen molar-refractivity contribution in [2.24, 2.45) is 5.73 Å². The van der Waals surface area contributed by atoms with Gasteiger partial charge in [-0.05, 0) is 37.4 Å². The first kappa shape index (κ1) is 17.8. The molecule has 8 heteroatoms. The van der Waals surface area contributed by atoms with E-state index in [0.29, 0.717) is 29.1 Å². The number of primary amides is 1. The number of nitrogens with one attached hydrogen (secondary N) is 2. The first-order chi connectivity index (χ1) is 12.0. The van der Waals surface area contributed by atoms with Crippen LogP contribution < -0.4 is 15.9 Å². The molecule has 0 spiro atoms. The number of H-pyrrole nitrogens is 1. The van der Waals surface area contributed by atoms with Crippen molar-refractivity contribution in [2.75, 3.05) is 6.54 Å². The Morgan fingerprint density at radius 1 is 1.44 bits per heavy atom. The molecular weight excluding hydrogens is 342 g/mol. The fourth-order valence-electron chi connectivity index (χ4n) is 3.42. The summed E-state index contributed by atoms with van der Waals surface area (Å²) in [6.07, 6.45) is 4.81. The number of fused-ring (bicyclic) bond motifs is 1. The van der Waals surface area contributed by atoms with Gasteiger partial charge in [-0.3, -0.25) is 4.79 Å². The maximum Gasteiger partial charge on any atom is 0.404 e. The standard InChI is InChI=1S/C17H23N3O4S/c18-16(22)24-12(7-8-19-11-3-1-2-4-11)9-10-5-6-13(21)14-15(10)25-17(23)20-14/h5-6,11-12,19,21H,1-4,7-9H2,(H2,18,22)(H,20,23). The number of amides is 1. The van der Waals surface area contributed by atoms with Crippen LogP contribution in [0, 0.1) is 0 Å². The summed E-state index contributed by atoms with van der Waals surface area (Å²) in [5.74, 6) is 0.0346. The van der Waals surface area contributed by atoms with Crippen LogP contribution in [0.2, 0.25) is 0 Å². The Labute approximate surface area is 149 Å². The summed E-state index contributed by atoms with van der Waals surface area (Å²) in [5, 5.41) is 13.4. The van der Waals surface area contributed by atoms with E-state index in [9.17, 15) is 14.7 Å². The molecule has 1 heterocycles. The van der Waals surface area contributed by atoms with Gasteiger partial charge >= 0.3 is 11.0 Å². The molecule has 1 unspecified atom stereocenters. The molecule has 5 N–H and O–H groups in total. The molecule has 0 saturated heterocycles.